The first kappa shape index (κ1) is 13.3. The third kappa shape index (κ3) is 4.21. The van der Waals surface area contributed by atoms with Crippen LogP contribution in [0.3, 0.4) is 0 Å². The van der Waals surface area contributed by atoms with Gasteiger partial charge in [0.1, 0.15) is 0 Å². The summed E-state index contributed by atoms with van der Waals surface area (Å²) in [4.78, 5) is 11.8. The largest absolute Gasteiger partial charge is 0.326 e. The summed E-state index contributed by atoms with van der Waals surface area (Å²) < 4.78 is 2.02. The number of aromatic nitrogens is 1. The maximum atomic E-state index is 11.8. The molecule has 19 heavy (non-hydrogen) atoms. The number of amides is 1. The number of benzene rings is 1. The van der Waals surface area contributed by atoms with Crippen molar-refractivity contribution in [2.75, 3.05) is 5.32 Å². The van der Waals surface area contributed by atoms with Gasteiger partial charge in [-0.3, -0.25) is 4.79 Å². The number of hydrogen-bond donors (Lipinski definition) is 1. The quantitative estimate of drug-likeness (QED) is 0.837. The van der Waals surface area contributed by atoms with E-state index in [1.807, 2.05) is 60.3 Å². The maximum Gasteiger partial charge on any atom is 0.230 e. The summed E-state index contributed by atoms with van der Waals surface area (Å²) in [6.07, 6.45) is 4.46. The predicted molar refractivity (Wildman–Crippen MR) is 75.8 cm³/mol. The Morgan fingerprint density at radius 3 is 2.21 bits per heavy atom. The van der Waals surface area contributed by atoms with Crippen LogP contribution in [0.25, 0.3) is 0 Å². The summed E-state index contributed by atoms with van der Waals surface area (Å²) in [5, 5.41) is 2.90. The molecular formula is C16H19N2O+. The molecule has 0 aliphatic rings. The third-order valence-electron chi connectivity index (χ3n) is 2.99. The second kappa shape index (κ2) is 6.14. The van der Waals surface area contributed by atoms with Crippen LogP contribution in [-0.2, 0) is 11.3 Å². The van der Waals surface area contributed by atoms with E-state index in [0.717, 1.165) is 5.69 Å². The molecule has 98 valence electrons. The number of nitrogens with zero attached hydrogens (tertiary/aromatic N) is 1. The van der Waals surface area contributed by atoms with Gasteiger partial charge in [0.2, 0.25) is 5.91 Å². The maximum absolute atomic E-state index is 11.8. The Balaban J connectivity index is 1.84. The highest BCUT2D eigenvalue weighted by atomic mass is 16.1. The highest BCUT2D eigenvalue weighted by molar-refractivity contribution is 5.90. The molecule has 0 spiro atoms. The minimum absolute atomic E-state index is 0.0388. The fourth-order valence-electron chi connectivity index (χ4n) is 1.77. The Bertz CT molecular complexity index is 544. The Hall–Kier alpha value is -2.16. The topological polar surface area (TPSA) is 33.0 Å². The second-order valence-electron chi connectivity index (χ2n) is 4.78. The van der Waals surface area contributed by atoms with Crippen molar-refractivity contribution in [3.63, 3.8) is 0 Å². The molecular weight excluding hydrogens is 236 g/mol. The normalized spacial score (nSPS) is 10.2. The lowest BCUT2D eigenvalue weighted by atomic mass is 10.2. The van der Waals surface area contributed by atoms with Crippen molar-refractivity contribution in [2.45, 2.75) is 26.8 Å². The summed E-state index contributed by atoms with van der Waals surface area (Å²) in [6.45, 7) is 4.77. The van der Waals surface area contributed by atoms with Crippen LogP contribution in [0.2, 0.25) is 0 Å². The van der Waals surface area contributed by atoms with E-state index in [-0.39, 0.29) is 5.91 Å². The zero-order valence-corrected chi connectivity index (χ0v) is 11.4. The van der Waals surface area contributed by atoms with Gasteiger partial charge in [0.25, 0.3) is 0 Å². The highest BCUT2D eigenvalue weighted by Gasteiger charge is 2.06. The molecule has 0 saturated heterocycles. The molecule has 2 rings (SSSR count). The van der Waals surface area contributed by atoms with E-state index in [1.165, 1.54) is 11.1 Å². The number of hydrogen-bond acceptors (Lipinski definition) is 1. The van der Waals surface area contributed by atoms with Gasteiger partial charge in [0.05, 0.1) is 6.42 Å². The summed E-state index contributed by atoms with van der Waals surface area (Å²) in [7, 11) is 0. The van der Waals surface area contributed by atoms with E-state index in [4.69, 9.17) is 0 Å². The van der Waals surface area contributed by atoms with Gasteiger partial charge in [-0.25, -0.2) is 4.57 Å². The van der Waals surface area contributed by atoms with E-state index < -0.39 is 0 Å². The lowest BCUT2D eigenvalue weighted by Crippen LogP contribution is -2.34. The Morgan fingerprint density at radius 2 is 1.58 bits per heavy atom. The van der Waals surface area contributed by atoms with E-state index in [9.17, 15) is 4.79 Å². The average Bonchev–Trinajstić information content (AvgIpc) is 2.41. The summed E-state index contributed by atoms with van der Waals surface area (Å²) >= 11 is 0. The highest BCUT2D eigenvalue weighted by Crippen LogP contribution is 2.08. The van der Waals surface area contributed by atoms with Crippen molar-refractivity contribution in [1.82, 2.24) is 0 Å². The van der Waals surface area contributed by atoms with Gasteiger partial charge >= 0.3 is 0 Å². The standard InChI is InChI=1S/C16H18N2O/c1-13-3-5-15(6-4-13)17-16(19)9-12-18-10-7-14(2)8-11-18/h3-8,10-11H,9,12H2,1-2H3/p+1. The van der Waals surface area contributed by atoms with E-state index in [2.05, 4.69) is 12.2 Å². The molecule has 0 saturated carbocycles. The van der Waals surface area contributed by atoms with Crippen molar-refractivity contribution in [2.24, 2.45) is 0 Å². The number of rotatable bonds is 4. The minimum atomic E-state index is 0.0388. The number of nitrogens with one attached hydrogen (secondary N) is 1. The van der Waals surface area contributed by atoms with Crippen LogP contribution in [0.1, 0.15) is 17.5 Å². The first-order chi connectivity index (χ1) is 9.13. The molecule has 1 heterocycles. The molecule has 0 atom stereocenters. The number of anilines is 1. The molecule has 1 amide bonds. The van der Waals surface area contributed by atoms with Crippen molar-refractivity contribution in [3.8, 4) is 0 Å². The molecule has 1 aromatic heterocycles. The predicted octanol–water partition coefficient (Wildman–Crippen LogP) is 2.62. The number of pyridine rings is 1. The van der Waals surface area contributed by atoms with Crippen LogP contribution in [0.5, 0.6) is 0 Å². The molecule has 0 aliphatic heterocycles. The van der Waals surface area contributed by atoms with Gasteiger partial charge in [0.15, 0.2) is 18.9 Å². The Labute approximate surface area is 113 Å². The summed E-state index contributed by atoms with van der Waals surface area (Å²) in [6, 6.07) is 11.9. The van der Waals surface area contributed by atoms with E-state index in [1.54, 1.807) is 0 Å². The van der Waals surface area contributed by atoms with Crippen LogP contribution < -0.4 is 9.88 Å². The number of aryl methyl sites for hydroxylation is 3. The zero-order chi connectivity index (χ0) is 13.7. The first-order valence-corrected chi connectivity index (χ1v) is 6.46. The lowest BCUT2D eigenvalue weighted by molar-refractivity contribution is -0.695. The van der Waals surface area contributed by atoms with Gasteiger partial charge < -0.3 is 5.32 Å². The van der Waals surface area contributed by atoms with Gasteiger partial charge in [-0.15, -0.1) is 0 Å². The third-order valence-corrected chi connectivity index (χ3v) is 2.99. The molecule has 1 aromatic carbocycles. The number of carbonyl (C=O) groups excluding carboxylic acids is 1. The van der Waals surface area contributed by atoms with Crippen molar-refractivity contribution in [1.29, 1.82) is 0 Å². The zero-order valence-electron chi connectivity index (χ0n) is 11.4. The molecule has 1 N–H and O–H groups in total. The van der Waals surface area contributed by atoms with Crippen LogP contribution in [0, 0.1) is 13.8 Å². The molecule has 3 heteroatoms. The molecule has 0 bridgehead atoms. The first-order valence-electron chi connectivity index (χ1n) is 6.46. The SMILES string of the molecule is Cc1ccc(NC(=O)CC[n+]2ccc(C)cc2)cc1. The smallest absolute Gasteiger partial charge is 0.230 e. The molecule has 0 radical (unpaired) electrons. The van der Waals surface area contributed by atoms with Crippen LogP contribution >= 0.6 is 0 Å². The van der Waals surface area contributed by atoms with Gasteiger partial charge in [-0.2, -0.15) is 0 Å². The van der Waals surface area contributed by atoms with Gasteiger partial charge in [-0.05, 0) is 31.5 Å². The Morgan fingerprint density at radius 1 is 1.00 bits per heavy atom. The molecule has 3 nitrogen and oxygen atoms in total. The van der Waals surface area contributed by atoms with Crippen molar-refractivity contribution in [3.05, 3.63) is 59.9 Å². The van der Waals surface area contributed by atoms with Gasteiger partial charge in [-0.1, -0.05) is 17.7 Å². The van der Waals surface area contributed by atoms with Gasteiger partial charge in [0, 0.05) is 17.8 Å². The molecule has 0 aliphatic carbocycles. The van der Waals surface area contributed by atoms with Crippen molar-refractivity contribution >= 4 is 11.6 Å². The van der Waals surface area contributed by atoms with E-state index in [0.29, 0.717) is 13.0 Å². The molecule has 0 fully saturated rings. The average molecular weight is 255 g/mol. The van der Waals surface area contributed by atoms with Crippen LogP contribution in [0.15, 0.2) is 48.8 Å². The fourth-order valence-corrected chi connectivity index (χ4v) is 1.77. The second-order valence-corrected chi connectivity index (χ2v) is 4.78. The van der Waals surface area contributed by atoms with Crippen LogP contribution in [0.4, 0.5) is 5.69 Å². The summed E-state index contributed by atoms with van der Waals surface area (Å²) in [5.41, 5.74) is 3.26. The molecule has 0 unspecified atom stereocenters. The van der Waals surface area contributed by atoms with E-state index >= 15 is 0 Å². The Kier molecular flexibility index (Phi) is 4.29. The monoisotopic (exact) mass is 255 g/mol. The molecule has 2 aromatic rings. The minimum Gasteiger partial charge on any atom is -0.326 e. The summed E-state index contributed by atoms with van der Waals surface area (Å²) in [5.74, 6) is 0.0388. The lowest BCUT2D eigenvalue weighted by Gasteiger charge is -2.04. The van der Waals surface area contributed by atoms with Crippen molar-refractivity contribution < 1.29 is 9.36 Å². The fraction of sp³-hybridized carbons (Fsp3) is 0.250. The van der Waals surface area contributed by atoms with Crippen LogP contribution in [-0.4, -0.2) is 5.91 Å². The number of carbonyl (C=O) groups is 1.